The Morgan fingerprint density at radius 3 is 2.62 bits per heavy atom. The van der Waals surface area contributed by atoms with E-state index in [1.165, 1.54) is 0 Å². The number of carbonyl (C=O) groups is 1. The third-order valence-electron chi connectivity index (χ3n) is 5.43. The quantitative estimate of drug-likeness (QED) is 0.488. The van der Waals surface area contributed by atoms with Crippen molar-refractivity contribution in [3.05, 3.63) is 106 Å². The van der Waals surface area contributed by atoms with Gasteiger partial charge in [-0.15, -0.1) is 0 Å². The molecule has 0 bridgehead atoms. The molecule has 0 fully saturated rings. The van der Waals surface area contributed by atoms with Crippen molar-refractivity contribution in [2.45, 2.75) is 19.9 Å². The van der Waals surface area contributed by atoms with Gasteiger partial charge in [-0.1, -0.05) is 48.0 Å². The molecule has 0 radical (unpaired) electrons. The number of hydrogen-bond acceptors (Lipinski definition) is 4. The lowest BCUT2D eigenvalue weighted by molar-refractivity contribution is 0.0952. The summed E-state index contributed by atoms with van der Waals surface area (Å²) in [5.74, 6) is 0.382. The molecule has 4 aromatic rings. The second-order valence-corrected chi connectivity index (χ2v) is 7.67. The summed E-state index contributed by atoms with van der Waals surface area (Å²) in [6.45, 7) is 2.75. The van der Waals surface area contributed by atoms with Crippen LogP contribution >= 0.6 is 0 Å². The number of pyridine rings is 2. The van der Waals surface area contributed by atoms with Crippen LogP contribution in [0.25, 0.3) is 11.0 Å². The van der Waals surface area contributed by atoms with Crippen molar-refractivity contribution < 1.29 is 9.53 Å². The first-order valence-electron chi connectivity index (χ1n) is 10.5. The minimum atomic E-state index is -0.395. The van der Waals surface area contributed by atoms with Crippen LogP contribution in [0.15, 0.2) is 77.7 Å². The Bertz CT molecular complexity index is 1310. The highest BCUT2D eigenvalue weighted by Gasteiger charge is 2.16. The summed E-state index contributed by atoms with van der Waals surface area (Å²) in [5.41, 5.74) is 3.42. The Balaban J connectivity index is 1.60. The van der Waals surface area contributed by atoms with E-state index in [2.05, 4.69) is 10.3 Å². The van der Waals surface area contributed by atoms with E-state index in [9.17, 15) is 9.59 Å². The fourth-order valence-corrected chi connectivity index (χ4v) is 3.71. The van der Waals surface area contributed by atoms with E-state index < -0.39 is 5.91 Å². The van der Waals surface area contributed by atoms with E-state index >= 15 is 0 Å². The van der Waals surface area contributed by atoms with E-state index in [1.54, 1.807) is 30.0 Å². The molecule has 0 aliphatic rings. The van der Waals surface area contributed by atoms with Crippen molar-refractivity contribution in [2.24, 2.45) is 0 Å². The number of carbonyl (C=O) groups excluding carboxylic acids is 1. The van der Waals surface area contributed by atoms with Crippen molar-refractivity contribution in [1.82, 2.24) is 14.9 Å². The van der Waals surface area contributed by atoms with Gasteiger partial charge in [-0.3, -0.25) is 14.2 Å². The first-order chi connectivity index (χ1) is 15.6. The molecule has 0 unspecified atom stereocenters. The van der Waals surface area contributed by atoms with Gasteiger partial charge in [0.15, 0.2) is 0 Å². The maximum atomic E-state index is 13.3. The van der Waals surface area contributed by atoms with Crippen LogP contribution in [0.5, 0.6) is 5.75 Å². The van der Waals surface area contributed by atoms with E-state index in [0.717, 1.165) is 27.8 Å². The van der Waals surface area contributed by atoms with Crippen molar-refractivity contribution >= 4 is 16.9 Å². The molecular weight excluding hydrogens is 402 g/mol. The summed E-state index contributed by atoms with van der Waals surface area (Å²) in [6, 6.07) is 20.9. The van der Waals surface area contributed by atoms with Gasteiger partial charge in [0.05, 0.1) is 13.7 Å². The van der Waals surface area contributed by atoms with Gasteiger partial charge in [0.25, 0.3) is 11.5 Å². The topological polar surface area (TPSA) is 73.2 Å². The van der Waals surface area contributed by atoms with Crippen LogP contribution < -0.4 is 15.6 Å². The van der Waals surface area contributed by atoms with Crippen molar-refractivity contribution in [1.29, 1.82) is 0 Å². The van der Waals surface area contributed by atoms with Gasteiger partial charge < -0.3 is 10.1 Å². The fourth-order valence-electron chi connectivity index (χ4n) is 3.71. The molecule has 0 aliphatic heterocycles. The number of amides is 1. The molecule has 0 saturated carbocycles. The minimum absolute atomic E-state index is 0.109. The molecule has 2 aromatic carbocycles. The molecule has 162 valence electrons. The normalized spacial score (nSPS) is 10.8. The molecule has 6 nitrogen and oxygen atoms in total. The summed E-state index contributed by atoms with van der Waals surface area (Å²) >= 11 is 0. The largest absolute Gasteiger partial charge is 0.496 e. The lowest BCUT2D eigenvalue weighted by atomic mass is 10.1. The number of fused-ring (bicyclic) bond motifs is 1. The minimum Gasteiger partial charge on any atom is -0.496 e. The van der Waals surface area contributed by atoms with Gasteiger partial charge in [-0.2, -0.15) is 0 Å². The molecule has 2 heterocycles. The van der Waals surface area contributed by atoms with Gasteiger partial charge in [0.2, 0.25) is 0 Å². The molecule has 0 atom stereocenters. The summed E-state index contributed by atoms with van der Waals surface area (Å²) in [4.78, 5) is 30.6. The van der Waals surface area contributed by atoms with Gasteiger partial charge in [-0.25, -0.2) is 4.98 Å². The van der Waals surface area contributed by atoms with Crippen molar-refractivity contribution in [2.75, 3.05) is 13.7 Å². The van der Waals surface area contributed by atoms with Crippen molar-refractivity contribution in [3.63, 3.8) is 0 Å². The van der Waals surface area contributed by atoms with Gasteiger partial charge >= 0.3 is 0 Å². The van der Waals surface area contributed by atoms with Gasteiger partial charge in [0.1, 0.15) is 17.0 Å². The lowest BCUT2D eigenvalue weighted by Crippen LogP contribution is -2.34. The standard InChI is InChI=1S/C26H25N3O3/c1-18-9-11-19(12-10-18)17-29-24-21(7-5-14-27-24)16-22(26(29)31)25(30)28-15-13-20-6-3-4-8-23(20)32-2/h3-12,14,16H,13,15,17H2,1-2H3,(H,28,30). The van der Waals surface area contributed by atoms with Crippen LogP contribution in [0.3, 0.4) is 0 Å². The zero-order valence-electron chi connectivity index (χ0n) is 18.2. The highest BCUT2D eigenvalue weighted by atomic mass is 16.5. The smallest absolute Gasteiger partial charge is 0.265 e. The van der Waals surface area contributed by atoms with Crippen LogP contribution in [0.4, 0.5) is 0 Å². The summed E-state index contributed by atoms with van der Waals surface area (Å²) in [7, 11) is 1.62. The van der Waals surface area contributed by atoms with Crippen LogP contribution in [0, 0.1) is 6.92 Å². The van der Waals surface area contributed by atoms with E-state index in [4.69, 9.17) is 4.74 Å². The number of nitrogens with zero attached hydrogens (tertiary/aromatic N) is 2. The maximum Gasteiger partial charge on any atom is 0.265 e. The zero-order valence-corrected chi connectivity index (χ0v) is 18.2. The summed E-state index contributed by atoms with van der Waals surface area (Å²) in [5, 5.41) is 3.62. The van der Waals surface area contributed by atoms with Crippen LogP contribution in [-0.4, -0.2) is 29.1 Å². The molecule has 4 rings (SSSR count). The average molecular weight is 428 g/mol. The van der Waals surface area contributed by atoms with Gasteiger partial charge in [-0.05, 0) is 48.7 Å². The number of ether oxygens (including phenoxy) is 1. The number of benzene rings is 2. The Morgan fingerprint density at radius 1 is 1.06 bits per heavy atom. The Labute approximate surface area is 186 Å². The average Bonchev–Trinajstić information content (AvgIpc) is 2.82. The molecular formula is C26H25N3O3. The monoisotopic (exact) mass is 427 g/mol. The number of para-hydroxylation sites is 1. The SMILES string of the molecule is COc1ccccc1CCNC(=O)c1cc2cccnc2n(Cc2ccc(C)cc2)c1=O. The fraction of sp³-hybridized carbons (Fsp3) is 0.192. The van der Waals surface area contributed by atoms with Crippen LogP contribution in [0.2, 0.25) is 0 Å². The molecule has 6 heteroatoms. The third-order valence-corrected chi connectivity index (χ3v) is 5.43. The number of aromatic nitrogens is 2. The molecule has 0 saturated heterocycles. The number of aryl methyl sites for hydroxylation is 1. The van der Waals surface area contributed by atoms with Crippen LogP contribution in [0.1, 0.15) is 27.0 Å². The predicted molar refractivity (Wildman–Crippen MR) is 125 cm³/mol. The second kappa shape index (κ2) is 9.47. The molecule has 0 aliphatic carbocycles. The first kappa shape index (κ1) is 21.3. The Hall–Kier alpha value is -3.93. The molecule has 1 N–H and O–H groups in total. The zero-order chi connectivity index (χ0) is 22.5. The lowest BCUT2D eigenvalue weighted by Gasteiger charge is -2.13. The van der Waals surface area contributed by atoms with E-state index in [1.807, 2.05) is 61.5 Å². The third kappa shape index (κ3) is 4.54. The number of methoxy groups -OCH3 is 1. The first-order valence-corrected chi connectivity index (χ1v) is 10.5. The van der Waals surface area contributed by atoms with E-state index in [0.29, 0.717) is 25.2 Å². The Kier molecular flexibility index (Phi) is 6.31. The highest BCUT2D eigenvalue weighted by molar-refractivity contribution is 5.96. The molecule has 2 aromatic heterocycles. The van der Waals surface area contributed by atoms with Gasteiger partial charge in [0, 0.05) is 18.1 Å². The number of hydrogen-bond donors (Lipinski definition) is 1. The second-order valence-electron chi connectivity index (χ2n) is 7.67. The molecule has 1 amide bonds. The van der Waals surface area contributed by atoms with E-state index in [-0.39, 0.29) is 11.1 Å². The highest BCUT2D eigenvalue weighted by Crippen LogP contribution is 2.17. The number of rotatable bonds is 7. The number of nitrogens with one attached hydrogen (secondary N) is 1. The molecule has 32 heavy (non-hydrogen) atoms. The Morgan fingerprint density at radius 2 is 1.84 bits per heavy atom. The maximum absolute atomic E-state index is 13.3. The van der Waals surface area contributed by atoms with Crippen LogP contribution in [-0.2, 0) is 13.0 Å². The molecule has 0 spiro atoms. The summed E-state index contributed by atoms with van der Waals surface area (Å²) < 4.78 is 6.93. The predicted octanol–water partition coefficient (Wildman–Crippen LogP) is 3.73. The van der Waals surface area contributed by atoms with Crippen molar-refractivity contribution in [3.8, 4) is 5.75 Å². The summed E-state index contributed by atoms with van der Waals surface area (Å²) in [6.07, 6.45) is 2.25.